The summed E-state index contributed by atoms with van der Waals surface area (Å²) in [6.45, 7) is 4.72. The third-order valence-corrected chi connectivity index (χ3v) is 5.52. The average Bonchev–Trinajstić information content (AvgIpc) is 2.25. The normalized spacial score (nSPS) is 26.4. The van der Waals surface area contributed by atoms with Gasteiger partial charge in [0.1, 0.15) is 0 Å². The molecule has 0 saturated carbocycles. The van der Waals surface area contributed by atoms with E-state index in [2.05, 4.69) is 0 Å². The topological polar surface area (TPSA) is 62.2 Å². The van der Waals surface area contributed by atoms with Gasteiger partial charge in [-0.15, -0.1) is 0 Å². The summed E-state index contributed by atoms with van der Waals surface area (Å²) < 4.78 is 13.0. The number of carbonyl (C=O) groups is 1. The summed E-state index contributed by atoms with van der Waals surface area (Å²) in [6.07, 6.45) is -0.170. The molecular weight excluding hydrogens is 254 g/mol. The van der Waals surface area contributed by atoms with Crippen molar-refractivity contribution in [2.45, 2.75) is 19.0 Å². The maximum absolute atomic E-state index is 11.4. The van der Waals surface area contributed by atoms with E-state index in [9.17, 15) is 9.69 Å². The average molecular weight is 278 g/mol. The molecule has 0 aliphatic carbocycles. The Balaban J connectivity index is 2.49. The molecule has 1 aliphatic rings. The van der Waals surface area contributed by atoms with E-state index < -0.39 is 7.87 Å². The Kier molecular flexibility index (Phi) is 5.55. The molecule has 1 fully saturated rings. The van der Waals surface area contributed by atoms with Crippen LogP contribution in [0.15, 0.2) is 0 Å². The molecule has 1 rings (SSSR count). The summed E-state index contributed by atoms with van der Waals surface area (Å²) in [6, 6.07) is 0.00206. The van der Waals surface area contributed by atoms with Crippen molar-refractivity contribution < 1.29 is 18.9 Å². The Bertz CT molecular complexity index is 304. The van der Waals surface area contributed by atoms with Crippen LogP contribution < -0.4 is 0 Å². The predicted molar refractivity (Wildman–Crippen MR) is 75.6 cm³/mol. The van der Waals surface area contributed by atoms with Crippen LogP contribution in [0.1, 0.15) is 6.92 Å². The SMILES string of the molecule is B[C@H]1CN(C(C)=O)CC(CO[PH](C)(O)N(C)C)O1. The second-order valence-corrected chi connectivity index (χ2v) is 8.18. The minimum absolute atomic E-state index is 0.00206. The fraction of sp³-hybridized carbons (Fsp3) is 0.900. The molecule has 6 nitrogen and oxygen atoms in total. The van der Waals surface area contributed by atoms with Gasteiger partial charge < -0.3 is 0 Å². The Morgan fingerprint density at radius 2 is 2.22 bits per heavy atom. The number of hydrogen-bond donors (Lipinski definition) is 1. The van der Waals surface area contributed by atoms with Crippen molar-refractivity contribution in [3.05, 3.63) is 0 Å². The van der Waals surface area contributed by atoms with Crippen LogP contribution in [0.25, 0.3) is 0 Å². The van der Waals surface area contributed by atoms with Crippen molar-refractivity contribution in [2.24, 2.45) is 0 Å². The van der Waals surface area contributed by atoms with Crippen molar-refractivity contribution in [1.82, 2.24) is 9.57 Å². The molecule has 8 heteroatoms. The number of nitrogens with zero attached hydrogens (tertiary/aromatic N) is 2. The van der Waals surface area contributed by atoms with E-state index in [0.717, 1.165) is 0 Å². The molecule has 18 heavy (non-hydrogen) atoms. The van der Waals surface area contributed by atoms with E-state index >= 15 is 0 Å². The van der Waals surface area contributed by atoms with Gasteiger partial charge in [0.05, 0.1) is 0 Å². The Morgan fingerprint density at radius 1 is 1.61 bits per heavy atom. The summed E-state index contributed by atoms with van der Waals surface area (Å²) in [7, 11) is 2.73. The van der Waals surface area contributed by atoms with Gasteiger partial charge in [0.15, 0.2) is 0 Å². The summed E-state index contributed by atoms with van der Waals surface area (Å²) >= 11 is 0. The minimum atomic E-state index is -2.79. The number of amides is 1. The molecule has 0 aromatic carbocycles. The summed E-state index contributed by atoms with van der Waals surface area (Å²) in [5.74, 6) is 0.0479. The number of ether oxygens (including phenoxy) is 1. The van der Waals surface area contributed by atoms with Crippen LogP contribution in [0.3, 0.4) is 0 Å². The first kappa shape index (κ1) is 15.9. The molecule has 1 saturated heterocycles. The standard InChI is InChI=1S/C10H24BN2O4P/c1-8(14)13-5-9(17-10(11)6-13)7-16-18(4,15)12(2)3/h9-10,15,18H,5-7,11H2,1-4H3/t9?,10-/m1/s1. The van der Waals surface area contributed by atoms with E-state index in [1.807, 2.05) is 7.85 Å². The van der Waals surface area contributed by atoms with Crippen molar-refractivity contribution in [3.8, 4) is 0 Å². The number of carbonyl (C=O) groups excluding carboxylic acids is 1. The van der Waals surface area contributed by atoms with E-state index in [0.29, 0.717) is 19.7 Å². The third kappa shape index (κ3) is 4.48. The maximum atomic E-state index is 11.4. The third-order valence-electron chi connectivity index (χ3n) is 3.14. The zero-order valence-corrected chi connectivity index (χ0v) is 12.8. The Labute approximate surface area is 110 Å². The van der Waals surface area contributed by atoms with Crippen LogP contribution in [-0.2, 0) is 14.1 Å². The molecule has 0 aromatic heterocycles. The molecule has 0 bridgehead atoms. The van der Waals surface area contributed by atoms with Gasteiger partial charge in [0, 0.05) is 0 Å². The Morgan fingerprint density at radius 3 is 2.72 bits per heavy atom. The quantitative estimate of drug-likeness (QED) is 0.522. The zero-order chi connectivity index (χ0) is 13.9. The summed E-state index contributed by atoms with van der Waals surface area (Å²) in [5.41, 5.74) is 0. The molecule has 2 atom stereocenters. The Hall–Kier alpha value is -0.195. The first-order valence-electron chi connectivity index (χ1n) is 6.17. The fourth-order valence-corrected chi connectivity index (χ4v) is 2.53. The van der Waals surface area contributed by atoms with Crippen LogP contribution in [0, 0.1) is 0 Å². The first-order valence-corrected chi connectivity index (χ1v) is 8.47. The summed E-state index contributed by atoms with van der Waals surface area (Å²) in [5, 5.41) is 0. The van der Waals surface area contributed by atoms with Crippen molar-refractivity contribution >= 4 is 21.6 Å². The van der Waals surface area contributed by atoms with E-state index in [1.165, 1.54) is 0 Å². The van der Waals surface area contributed by atoms with Gasteiger partial charge in [-0.1, -0.05) is 0 Å². The number of rotatable bonds is 4. The molecule has 1 heterocycles. The van der Waals surface area contributed by atoms with Gasteiger partial charge in [0.2, 0.25) is 0 Å². The molecule has 1 amide bonds. The van der Waals surface area contributed by atoms with Crippen LogP contribution in [0.5, 0.6) is 0 Å². The molecule has 1 N–H and O–H groups in total. The van der Waals surface area contributed by atoms with Gasteiger partial charge in [-0.25, -0.2) is 0 Å². The van der Waals surface area contributed by atoms with Crippen LogP contribution in [0.4, 0.5) is 0 Å². The van der Waals surface area contributed by atoms with Crippen molar-refractivity contribution in [1.29, 1.82) is 0 Å². The molecule has 106 valence electrons. The van der Waals surface area contributed by atoms with E-state index in [-0.39, 0.29) is 18.0 Å². The van der Waals surface area contributed by atoms with Gasteiger partial charge in [0.25, 0.3) is 0 Å². The van der Waals surface area contributed by atoms with Crippen LogP contribution >= 0.6 is 7.87 Å². The van der Waals surface area contributed by atoms with Crippen molar-refractivity contribution in [2.75, 3.05) is 40.5 Å². The van der Waals surface area contributed by atoms with Crippen LogP contribution in [-0.4, -0.2) is 80.8 Å². The van der Waals surface area contributed by atoms with Gasteiger partial charge in [-0.3, -0.25) is 0 Å². The number of morpholine rings is 1. The van der Waals surface area contributed by atoms with Gasteiger partial charge in [-0.05, 0) is 0 Å². The fourth-order valence-electron chi connectivity index (χ4n) is 1.77. The first-order chi connectivity index (χ1) is 8.22. The zero-order valence-electron chi connectivity index (χ0n) is 11.8. The molecule has 0 spiro atoms. The monoisotopic (exact) mass is 278 g/mol. The predicted octanol–water partition coefficient (Wildman–Crippen LogP) is -1.11. The van der Waals surface area contributed by atoms with Gasteiger partial charge in [-0.2, -0.15) is 0 Å². The molecule has 0 aromatic rings. The molecule has 0 radical (unpaired) electrons. The van der Waals surface area contributed by atoms with E-state index in [4.69, 9.17) is 9.26 Å². The molecular formula is C10H24BN2O4P. The van der Waals surface area contributed by atoms with Gasteiger partial charge >= 0.3 is 110 Å². The van der Waals surface area contributed by atoms with E-state index in [1.54, 1.807) is 37.3 Å². The molecule has 1 aliphatic heterocycles. The van der Waals surface area contributed by atoms with Crippen LogP contribution in [0.2, 0.25) is 0 Å². The molecule has 1 unspecified atom stereocenters. The second-order valence-electron chi connectivity index (χ2n) is 5.13. The number of hydrogen-bond acceptors (Lipinski definition) is 5. The van der Waals surface area contributed by atoms with Crippen molar-refractivity contribution in [3.63, 3.8) is 0 Å². The second kappa shape index (κ2) is 6.30. The summed E-state index contributed by atoms with van der Waals surface area (Å²) in [4.78, 5) is 23.2.